The summed E-state index contributed by atoms with van der Waals surface area (Å²) in [6.45, 7) is 7.07. The molecule has 0 saturated carbocycles. The molecule has 1 N–H and O–H groups in total. The molecule has 0 aliphatic rings. The van der Waals surface area contributed by atoms with Gasteiger partial charge in [-0.1, -0.05) is 19.1 Å². The van der Waals surface area contributed by atoms with Crippen molar-refractivity contribution in [1.82, 2.24) is 10.2 Å². The van der Waals surface area contributed by atoms with Crippen molar-refractivity contribution in [3.63, 3.8) is 0 Å². The average molecular weight is 250 g/mol. The molecule has 18 heavy (non-hydrogen) atoms. The molecule has 0 amide bonds. The molecule has 1 rings (SSSR count). The zero-order valence-electron chi connectivity index (χ0n) is 12.1. The largest absolute Gasteiger partial charge is 0.494 e. The van der Waals surface area contributed by atoms with E-state index in [0.717, 1.165) is 31.9 Å². The zero-order chi connectivity index (χ0) is 13.4. The Morgan fingerprint density at radius 2 is 1.89 bits per heavy atom. The second kappa shape index (κ2) is 8.11. The van der Waals surface area contributed by atoms with Crippen molar-refractivity contribution in [1.29, 1.82) is 0 Å². The van der Waals surface area contributed by atoms with Crippen LogP contribution < -0.4 is 10.1 Å². The molecule has 0 saturated heterocycles. The van der Waals surface area contributed by atoms with Crippen molar-refractivity contribution >= 4 is 0 Å². The van der Waals surface area contributed by atoms with Gasteiger partial charge in [-0.05, 0) is 45.1 Å². The predicted molar refractivity (Wildman–Crippen MR) is 77.1 cm³/mol. The van der Waals surface area contributed by atoms with Crippen molar-refractivity contribution < 1.29 is 4.74 Å². The van der Waals surface area contributed by atoms with Gasteiger partial charge >= 0.3 is 0 Å². The Morgan fingerprint density at radius 3 is 2.44 bits per heavy atom. The van der Waals surface area contributed by atoms with Crippen LogP contribution in [0.25, 0.3) is 0 Å². The van der Waals surface area contributed by atoms with Crippen LogP contribution in [0, 0.1) is 0 Å². The molecule has 0 aromatic heterocycles. The molecule has 0 heterocycles. The van der Waals surface area contributed by atoms with E-state index in [1.165, 1.54) is 5.56 Å². The van der Waals surface area contributed by atoms with Crippen LogP contribution in [-0.4, -0.2) is 38.2 Å². The van der Waals surface area contributed by atoms with Gasteiger partial charge < -0.3 is 15.0 Å². The Bertz CT molecular complexity index is 322. The number of ether oxygens (including phenoxy) is 1. The average Bonchev–Trinajstić information content (AvgIpc) is 2.34. The zero-order valence-corrected chi connectivity index (χ0v) is 12.1. The highest BCUT2D eigenvalue weighted by atomic mass is 16.5. The molecule has 0 radical (unpaired) electrons. The van der Waals surface area contributed by atoms with Crippen LogP contribution in [0.15, 0.2) is 24.3 Å². The van der Waals surface area contributed by atoms with Crippen LogP contribution >= 0.6 is 0 Å². The molecular weight excluding hydrogens is 224 g/mol. The molecule has 0 aliphatic carbocycles. The Morgan fingerprint density at radius 1 is 1.22 bits per heavy atom. The van der Waals surface area contributed by atoms with Crippen LogP contribution in [0.5, 0.6) is 5.75 Å². The Kier molecular flexibility index (Phi) is 6.76. The fraction of sp³-hybridized carbons (Fsp3) is 0.600. The maximum Gasteiger partial charge on any atom is 0.119 e. The highest BCUT2D eigenvalue weighted by molar-refractivity contribution is 5.27. The number of hydrogen-bond donors (Lipinski definition) is 1. The standard InChI is InChI=1S/C15H26N2O/c1-5-10-18-15-8-6-14(7-9-15)11-16-13(2)12-17(3)4/h6-9,13,16H,5,10-12H2,1-4H3. The summed E-state index contributed by atoms with van der Waals surface area (Å²) in [7, 11) is 4.19. The van der Waals surface area contributed by atoms with Crippen molar-refractivity contribution in [3.8, 4) is 5.75 Å². The lowest BCUT2D eigenvalue weighted by molar-refractivity contribution is 0.317. The van der Waals surface area contributed by atoms with E-state index in [-0.39, 0.29) is 0 Å². The van der Waals surface area contributed by atoms with E-state index >= 15 is 0 Å². The second-order valence-electron chi connectivity index (χ2n) is 5.04. The summed E-state index contributed by atoms with van der Waals surface area (Å²) in [4.78, 5) is 2.19. The predicted octanol–water partition coefficient (Wildman–Crippen LogP) is 2.52. The lowest BCUT2D eigenvalue weighted by atomic mass is 10.2. The van der Waals surface area contributed by atoms with E-state index in [0.29, 0.717) is 6.04 Å². The van der Waals surface area contributed by atoms with Crippen LogP contribution in [0.2, 0.25) is 0 Å². The minimum atomic E-state index is 0.496. The van der Waals surface area contributed by atoms with Gasteiger partial charge in [0.2, 0.25) is 0 Å². The summed E-state index contributed by atoms with van der Waals surface area (Å²) in [6.07, 6.45) is 1.05. The first-order chi connectivity index (χ1) is 8.61. The van der Waals surface area contributed by atoms with E-state index in [1.54, 1.807) is 0 Å². The Labute approximate surface area is 111 Å². The molecule has 3 nitrogen and oxygen atoms in total. The first-order valence-corrected chi connectivity index (χ1v) is 6.71. The second-order valence-corrected chi connectivity index (χ2v) is 5.04. The summed E-state index contributed by atoms with van der Waals surface area (Å²) in [5.74, 6) is 0.960. The van der Waals surface area contributed by atoms with Crippen molar-refractivity contribution in [2.75, 3.05) is 27.2 Å². The maximum absolute atomic E-state index is 5.56. The van der Waals surface area contributed by atoms with E-state index in [4.69, 9.17) is 4.74 Å². The number of benzene rings is 1. The van der Waals surface area contributed by atoms with E-state index < -0.39 is 0 Å². The third kappa shape index (κ3) is 6.03. The summed E-state index contributed by atoms with van der Waals surface area (Å²) in [6, 6.07) is 8.84. The molecule has 102 valence electrons. The third-order valence-electron chi connectivity index (χ3n) is 2.69. The molecule has 0 bridgehead atoms. The molecule has 3 heteroatoms. The van der Waals surface area contributed by atoms with Gasteiger partial charge in [-0.25, -0.2) is 0 Å². The van der Waals surface area contributed by atoms with Crippen molar-refractivity contribution in [2.45, 2.75) is 32.9 Å². The summed E-state index contributed by atoms with van der Waals surface area (Å²) >= 11 is 0. The molecule has 0 spiro atoms. The normalized spacial score (nSPS) is 12.7. The Hall–Kier alpha value is -1.06. The molecular formula is C15H26N2O. The first-order valence-electron chi connectivity index (χ1n) is 6.71. The third-order valence-corrected chi connectivity index (χ3v) is 2.69. The van der Waals surface area contributed by atoms with Crippen molar-refractivity contribution in [3.05, 3.63) is 29.8 Å². The number of nitrogens with one attached hydrogen (secondary N) is 1. The van der Waals surface area contributed by atoms with Gasteiger partial charge in [0.05, 0.1) is 6.61 Å². The molecule has 0 fully saturated rings. The first kappa shape index (κ1) is 15.0. The summed E-state index contributed by atoms with van der Waals surface area (Å²) in [5, 5.41) is 3.51. The molecule has 1 unspecified atom stereocenters. The topological polar surface area (TPSA) is 24.5 Å². The molecule has 1 atom stereocenters. The molecule has 1 aromatic rings. The van der Waals surface area contributed by atoms with E-state index in [9.17, 15) is 0 Å². The van der Waals surface area contributed by atoms with Gasteiger partial charge in [0.15, 0.2) is 0 Å². The Balaban J connectivity index is 2.34. The lowest BCUT2D eigenvalue weighted by Crippen LogP contribution is -2.35. The number of rotatable bonds is 8. The van der Waals surface area contributed by atoms with Gasteiger partial charge in [0.1, 0.15) is 5.75 Å². The van der Waals surface area contributed by atoms with Crippen LogP contribution in [0.1, 0.15) is 25.8 Å². The summed E-state index contributed by atoms with van der Waals surface area (Å²) < 4.78 is 5.56. The van der Waals surface area contributed by atoms with Gasteiger partial charge in [-0.15, -0.1) is 0 Å². The van der Waals surface area contributed by atoms with E-state index in [2.05, 4.69) is 50.3 Å². The summed E-state index contributed by atoms with van der Waals surface area (Å²) in [5.41, 5.74) is 1.30. The lowest BCUT2D eigenvalue weighted by Gasteiger charge is -2.18. The van der Waals surface area contributed by atoms with E-state index in [1.807, 2.05) is 12.1 Å². The van der Waals surface area contributed by atoms with Crippen LogP contribution in [-0.2, 0) is 6.54 Å². The van der Waals surface area contributed by atoms with Gasteiger partial charge in [0.25, 0.3) is 0 Å². The van der Waals surface area contributed by atoms with Gasteiger partial charge in [-0.2, -0.15) is 0 Å². The van der Waals surface area contributed by atoms with Gasteiger partial charge in [0, 0.05) is 19.1 Å². The maximum atomic E-state index is 5.56. The van der Waals surface area contributed by atoms with Crippen molar-refractivity contribution in [2.24, 2.45) is 0 Å². The number of hydrogen-bond acceptors (Lipinski definition) is 3. The SMILES string of the molecule is CCCOc1ccc(CNC(C)CN(C)C)cc1. The van der Waals surface area contributed by atoms with Crippen LogP contribution in [0.3, 0.4) is 0 Å². The van der Waals surface area contributed by atoms with Gasteiger partial charge in [-0.3, -0.25) is 0 Å². The highest BCUT2D eigenvalue weighted by Gasteiger charge is 2.02. The molecule has 0 aliphatic heterocycles. The fourth-order valence-corrected chi connectivity index (χ4v) is 1.83. The van der Waals surface area contributed by atoms with Crippen LogP contribution in [0.4, 0.5) is 0 Å². The molecule has 1 aromatic carbocycles. The minimum absolute atomic E-state index is 0.496. The highest BCUT2D eigenvalue weighted by Crippen LogP contribution is 2.12. The number of nitrogens with zero attached hydrogens (tertiary/aromatic N) is 1. The monoisotopic (exact) mass is 250 g/mol. The quantitative estimate of drug-likeness (QED) is 0.767. The smallest absolute Gasteiger partial charge is 0.119 e. The fourth-order valence-electron chi connectivity index (χ4n) is 1.83. The number of likely N-dealkylation sites (N-methyl/N-ethyl adjacent to an activating group) is 1. The minimum Gasteiger partial charge on any atom is -0.494 e.